The van der Waals surface area contributed by atoms with Crippen LogP contribution in [0.1, 0.15) is 59.3 Å². The summed E-state index contributed by atoms with van der Waals surface area (Å²) >= 11 is 0. The van der Waals surface area contributed by atoms with Crippen molar-refractivity contribution in [3.8, 4) is 0 Å². The molecule has 0 aromatic rings. The first kappa shape index (κ1) is 16.8. The number of likely N-dealkylation sites (tertiary alicyclic amines) is 1. The average molecular weight is 295 g/mol. The van der Waals surface area contributed by atoms with Crippen LogP contribution in [0.2, 0.25) is 0 Å². The Kier molecular flexibility index (Phi) is 5.67. The lowest BCUT2D eigenvalue weighted by Crippen LogP contribution is -2.54. The Balaban J connectivity index is 1.96. The standard InChI is InChI=1S/C17H33N3O/c1-4-19-17(16(18)21)9-7-15(12-17)20-10-5-6-14(8-11-20)13(2)3/h13-15,19H,4-12H2,1-3H3,(H2,18,21). The number of carbonyl (C=O) groups excluding carboxylic acids is 1. The second kappa shape index (κ2) is 7.10. The second-order valence-corrected chi connectivity index (χ2v) is 7.34. The van der Waals surface area contributed by atoms with Gasteiger partial charge in [0.2, 0.25) is 5.91 Å². The Bertz CT molecular complexity index is 358. The maximum Gasteiger partial charge on any atom is 0.237 e. The van der Waals surface area contributed by atoms with E-state index in [0.717, 1.165) is 37.6 Å². The SMILES string of the molecule is CCNC1(C(N)=O)CCC(N2CCCC(C(C)C)CC2)C1. The summed E-state index contributed by atoms with van der Waals surface area (Å²) in [5, 5.41) is 3.37. The van der Waals surface area contributed by atoms with Gasteiger partial charge >= 0.3 is 0 Å². The van der Waals surface area contributed by atoms with E-state index < -0.39 is 5.54 Å². The predicted molar refractivity (Wildman–Crippen MR) is 87.0 cm³/mol. The fourth-order valence-corrected chi connectivity index (χ4v) is 4.32. The Morgan fingerprint density at radius 2 is 2.10 bits per heavy atom. The quantitative estimate of drug-likeness (QED) is 0.817. The Morgan fingerprint density at radius 1 is 1.33 bits per heavy atom. The highest BCUT2D eigenvalue weighted by Gasteiger charge is 2.45. The van der Waals surface area contributed by atoms with Crippen molar-refractivity contribution in [2.24, 2.45) is 17.6 Å². The minimum atomic E-state index is -0.455. The van der Waals surface area contributed by atoms with Crippen LogP contribution in [-0.2, 0) is 4.79 Å². The van der Waals surface area contributed by atoms with Crippen molar-refractivity contribution < 1.29 is 4.79 Å². The van der Waals surface area contributed by atoms with Crippen molar-refractivity contribution in [1.82, 2.24) is 10.2 Å². The van der Waals surface area contributed by atoms with Crippen LogP contribution in [0.15, 0.2) is 0 Å². The highest BCUT2D eigenvalue weighted by molar-refractivity contribution is 5.85. The molecule has 0 radical (unpaired) electrons. The van der Waals surface area contributed by atoms with Gasteiger partial charge in [-0.3, -0.25) is 4.79 Å². The molecule has 2 fully saturated rings. The minimum absolute atomic E-state index is 0.165. The molecule has 122 valence electrons. The van der Waals surface area contributed by atoms with E-state index >= 15 is 0 Å². The zero-order valence-corrected chi connectivity index (χ0v) is 14.0. The largest absolute Gasteiger partial charge is 0.368 e. The summed E-state index contributed by atoms with van der Waals surface area (Å²) < 4.78 is 0. The van der Waals surface area contributed by atoms with E-state index in [-0.39, 0.29) is 5.91 Å². The Hall–Kier alpha value is -0.610. The van der Waals surface area contributed by atoms with E-state index in [1.165, 1.54) is 32.4 Å². The van der Waals surface area contributed by atoms with E-state index in [0.29, 0.717) is 6.04 Å². The Labute approximate surface area is 129 Å². The van der Waals surface area contributed by atoms with Crippen LogP contribution in [-0.4, -0.2) is 42.0 Å². The Morgan fingerprint density at radius 3 is 2.71 bits per heavy atom. The van der Waals surface area contributed by atoms with E-state index in [9.17, 15) is 4.79 Å². The lowest BCUT2D eigenvalue weighted by atomic mass is 9.89. The van der Waals surface area contributed by atoms with Crippen molar-refractivity contribution in [1.29, 1.82) is 0 Å². The van der Waals surface area contributed by atoms with Crippen LogP contribution in [0.3, 0.4) is 0 Å². The monoisotopic (exact) mass is 295 g/mol. The molecule has 1 saturated heterocycles. The van der Waals surface area contributed by atoms with Gasteiger partial charge in [0.05, 0.1) is 5.54 Å². The molecule has 4 nitrogen and oxygen atoms in total. The zero-order chi connectivity index (χ0) is 15.5. The lowest BCUT2D eigenvalue weighted by molar-refractivity contribution is -0.124. The number of carbonyl (C=O) groups is 1. The number of nitrogens with one attached hydrogen (secondary N) is 1. The van der Waals surface area contributed by atoms with Crippen molar-refractivity contribution in [2.45, 2.75) is 70.9 Å². The number of nitrogens with two attached hydrogens (primary N) is 1. The molecule has 1 aliphatic carbocycles. The molecule has 3 unspecified atom stereocenters. The molecule has 2 rings (SSSR count). The van der Waals surface area contributed by atoms with Crippen LogP contribution in [0.25, 0.3) is 0 Å². The third kappa shape index (κ3) is 3.78. The van der Waals surface area contributed by atoms with Gasteiger partial charge in [0.15, 0.2) is 0 Å². The molecular weight excluding hydrogens is 262 g/mol. The van der Waals surface area contributed by atoms with Crippen LogP contribution in [0.5, 0.6) is 0 Å². The average Bonchev–Trinajstić information content (AvgIpc) is 2.71. The maximum absolute atomic E-state index is 11.9. The van der Waals surface area contributed by atoms with Crippen molar-refractivity contribution in [3.63, 3.8) is 0 Å². The third-order valence-corrected chi connectivity index (χ3v) is 5.74. The molecule has 0 aromatic carbocycles. The normalized spacial score (nSPS) is 35.0. The maximum atomic E-state index is 11.9. The minimum Gasteiger partial charge on any atom is -0.368 e. The molecule has 21 heavy (non-hydrogen) atoms. The highest BCUT2D eigenvalue weighted by Crippen LogP contribution is 2.35. The third-order valence-electron chi connectivity index (χ3n) is 5.74. The van der Waals surface area contributed by atoms with Crippen molar-refractivity contribution in [2.75, 3.05) is 19.6 Å². The number of nitrogens with zero attached hydrogens (tertiary/aromatic N) is 1. The summed E-state index contributed by atoms with van der Waals surface area (Å²) in [6.45, 7) is 9.93. The van der Waals surface area contributed by atoms with Crippen LogP contribution in [0.4, 0.5) is 0 Å². The molecule has 0 bridgehead atoms. The molecule has 2 aliphatic rings. The van der Waals surface area contributed by atoms with Crippen molar-refractivity contribution >= 4 is 5.91 Å². The van der Waals surface area contributed by atoms with Gasteiger partial charge in [-0.2, -0.15) is 0 Å². The van der Waals surface area contributed by atoms with Gasteiger partial charge in [0, 0.05) is 6.04 Å². The van der Waals surface area contributed by atoms with Gasteiger partial charge in [0.1, 0.15) is 0 Å². The number of hydrogen-bond donors (Lipinski definition) is 2. The van der Waals surface area contributed by atoms with Crippen LogP contribution < -0.4 is 11.1 Å². The van der Waals surface area contributed by atoms with E-state index in [4.69, 9.17) is 5.73 Å². The summed E-state index contributed by atoms with van der Waals surface area (Å²) in [4.78, 5) is 14.5. The van der Waals surface area contributed by atoms with Gasteiger partial charge in [-0.25, -0.2) is 0 Å². The first-order valence-corrected chi connectivity index (χ1v) is 8.77. The molecule has 3 N–H and O–H groups in total. The fraction of sp³-hybridized carbons (Fsp3) is 0.941. The first-order chi connectivity index (χ1) is 9.98. The lowest BCUT2D eigenvalue weighted by Gasteiger charge is -2.31. The van der Waals surface area contributed by atoms with E-state index in [1.54, 1.807) is 0 Å². The molecule has 0 spiro atoms. The fourth-order valence-electron chi connectivity index (χ4n) is 4.32. The highest BCUT2D eigenvalue weighted by atomic mass is 16.1. The van der Waals surface area contributed by atoms with Crippen LogP contribution in [0, 0.1) is 11.8 Å². The molecular formula is C17H33N3O. The molecule has 1 saturated carbocycles. The van der Waals surface area contributed by atoms with E-state index in [1.807, 2.05) is 0 Å². The zero-order valence-electron chi connectivity index (χ0n) is 14.0. The number of rotatable bonds is 5. The molecule has 3 atom stereocenters. The molecule has 1 amide bonds. The second-order valence-electron chi connectivity index (χ2n) is 7.34. The number of hydrogen-bond acceptors (Lipinski definition) is 3. The molecule has 4 heteroatoms. The predicted octanol–water partition coefficient (Wildman–Crippen LogP) is 2.13. The number of likely N-dealkylation sites (N-methyl/N-ethyl adjacent to an activating group) is 1. The number of amides is 1. The van der Waals surface area contributed by atoms with E-state index in [2.05, 4.69) is 31.0 Å². The first-order valence-electron chi connectivity index (χ1n) is 8.77. The summed E-state index contributed by atoms with van der Waals surface area (Å²) in [5.74, 6) is 1.49. The summed E-state index contributed by atoms with van der Waals surface area (Å²) in [7, 11) is 0. The smallest absolute Gasteiger partial charge is 0.237 e. The molecule has 1 heterocycles. The number of primary amides is 1. The van der Waals surface area contributed by atoms with Gasteiger partial charge in [-0.15, -0.1) is 0 Å². The van der Waals surface area contributed by atoms with Gasteiger partial charge in [0.25, 0.3) is 0 Å². The topological polar surface area (TPSA) is 58.4 Å². The molecule has 1 aliphatic heterocycles. The van der Waals surface area contributed by atoms with Gasteiger partial charge < -0.3 is 16.0 Å². The van der Waals surface area contributed by atoms with Crippen molar-refractivity contribution in [3.05, 3.63) is 0 Å². The molecule has 0 aromatic heterocycles. The summed E-state index contributed by atoms with van der Waals surface area (Å²) in [6.07, 6.45) is 6.84. The van der Waals surface area contributed by atoms with Gasteiger partial charge in [-0.1, -0.05) is 20.8 Å². The summed E-state index contributed by atoms with van der Waals surface area (Å²) in [5.41, 5.74) is 5.23. The van der Waals surface area contributed by atoms with Gasteiger partial charge in [-0.05, 0) is 70.0 Å². The summed E-state index contributed by atoms with van der Waals surface area (Å²) in [6, 6.07) is 0.530. The van der Waals surface area contributed by atoms with Crippen LogP contribution >= 0.6 is 0 Å².